The number of halogens is 2. The molecule has 0 aliphatic carbocycles. The van der Waals surface area contributed by atoms with Gasteiger partial charge in [0.25, 0.3) is 0 Å². The lowest BCUT2D eigenvalue weighted by Crippen LogP contribution is -2.08. The summed E-state index contributed by atoms with van der Waals surface area (Å²) in [6.45, 7) is 1.58. The van der Waals surface area contributed by atoms with Crippen LogP contribution in [-0.4, -0.2) is 21.0 Å². The molecule has 0 aliphatic heterocycles. The van der Waals surface area contributed by atoms with E-state index in [9.17, 15) is 13.6 Å². The van der Waals surface area contributed by atoms with Gasteiger partial charge in [0.15, 0.2) is 5.69 Å². The lowest BCUT2D eigenvalue weighted by molar-refractivity contribution is 0.0464. The fourth-order valence-corrected chi connectivity index (χ4v) is 2.19. The molecule has 0 spiro atoms. The topological polar surface area (TPSA) is 57.0 Å². The number of rotatable bonds is 4. The minimum Gasteiger partial charge on any atom is -0.456 e. The predicted octanol–water partition coefficient (Wildman–Crippen LogP) is 3.21. The summed E-state index contributed by atoms with van der Waals surface area (Å²) in [5.41, 5.74) is 1.62. The fraction of sp³-hybridized carbons (Fsp3) is 0.118. The summed E-state index contributed by atoms with van der Waals surface area (Å²) < 4.78 is 32.6. The van der Waals surface area contributed by atoms with Gasteiger partial charge in [-0.1, -0.05) is 17.3 Å². The average Bonchev–Trinajstić information content (AvgIpc) is 2.95. The van der Waals surface area contributed by atoms with Gasteiger partial charge in [0.1, 0.15) is 18.2 Å². The van der Waals surface area contributed by atoms with Crippen LogP contribution in [0.2, 0.25) is 0 Å². The van der Waals surface area contributed by atoms with Crippen molar-refractivity contribution in [3.63, 3.8) is 0 Å². The van der Waals surface area contributed by atoms with Crippen molar-refractivity contribution >= 4 is 5.97 Å². The van der Waals surface area contributed by atoms with Gasteiger partial charge in [-0.2, -0.15) is 0 Å². The van der Waals surface area contributed by atoms with Crippen molar-refractivity contribution in [1.82, 2.24) is 15.0 Å². The van der Waals surface area contributed by atoms with Crippen LogP contribution in [0.5, 0.6) is 0 Å². The number of ether oxygens (including phenoxy) is 1. The van der Waals surface area contributed by atoms with Crippen LogP contribution in [0.25, 0.3) is 5.69 Å². The maximum absolute atomic E-state index is 13.1. The Kier molecular flexibility index (Phi) is 4.33. The third-order valence-corrected chi connectivity index (χ3v) is 3.42. The molecular weight excluding hydrogens is 316 g/mol. The van der Waals surface area contributed by atoms with E-state index in [1.807, 2.05) is 0 Å². The number of hydrogen-bond donors (Lipinski definition) is 0. The van der Waals surface area contributed by atoms with Gasteiger partial charge in [-0.05, 0) is 48.9 Å². The van der Waals surface area contributed by atoms with Crippen LogP contribution in [0, 0.1) is 18.6 Å². The highest BCUT2D eigenvalue weighted by molar-refractivity contribution is 5.88. The van der Waals surface area contributed by atoms with E-state index in [2.05, 4.69) is 10.3 Å². The van der Waals surface area contributed by atoms with Crippen molar-refractivity contribution in [3.8, 4) is 5.69 Å². The van der Waals surface area contributed by atoms with Crippen molar-refractivity contribution in [3.05, 3.63) is 77.1 Å². The lowest BCUT2D eigenvalue weighted by Gasteiger charge is -2.05. The zero-order chi connectivity index (χ0) is 17.1. The monoisotopic (exact) mass is 329 g/mol. The lowest BCUT2D eigenvalue weighted by atomic mass is 10.2. The first kappa shape index (κ1) is 15.8. The standard InChI is InChI=1S/C17H13F2N3O2/c1-11-16(17(23)24-10-12-3-2-4-14(19)9-12)20-21-22(11)15-7-5-13(18)6-8-15/h2-9H,10H2,1H3. The molecule has 0 amide bonds. The van der Waals surface area contributed by atoms with Crippen LogP contribution in [0.4, 0.5) is 8.78 Å². The third-order valence-electron chi connectivity index (χ3n) is 3.42. The van der Waals surface area contributed by atoms with Crippen molar-refractivity contribution in [1.29, 1.82) is 0 Å². The van der Waals surface area contributed by atoms with Gasteiger partial charge < -0.3 is 4.74 Å². The first-order chi connectivity index (χ1) is 11.5. The van der Waals surface area contributed by atoms with Crippen molar-refractivity contribution in [2.45, 2.75) is 13.5 Å². The molecule has 3 aromatic rings. The van der Waals surface area contributed by atoms with Crippen LogP contribution in [0.15, 0.2) is 48.5 Å². The van der Waals surface area contributed by atoms with Gasteiger partial charge >= 0.3 is 5.97 Å². The van der Waals surface area contributed by atoms with E-state index >= 15 is 0 Å². The second-order valence-corrected chi connectivity index (χ2v) is 5.12. The molecule has 0 atom stereocenters. The predicted molar refractivity (Wildman–Crippen MR) is 81.6 cm³/mol. The highest BCUT2D eigenvalue weighted by Gasteiger charge is 2.19. The molecule has 0 bridgehead atoms. The normalized spacial score (nSPS) is 10.6. The van der Waals surface area contributed by atoms with Gasteiger partial charge in [0, 0.05) is 0 Å². The molecule has 2 aromatic carbocycles. The van der Waals surface area contributed by atoms with Gasteiger partial charge in [0.2, 0.25) is 0 Å². The Bertz CT molecular complexity index is 876. The first-order valence-corrected chi connectivity index (χ1v) is 7.14. The Balaban J connectivity index is 1.75. The number of hydrogen-bond acceptors (Lipinski definition) is 4. The number of benzene rings is 2. The Labute approximate surface area is 136 Å². The van der Waals surface area contributed by atoms with Gasteiger partial charge in [-0.15, -0.1) is 5.10 Å². The highest BCUT2D eigenvalue weighted by Crippen LogP contribution is 2.14. The summed E-state index contributed by atoms with van der Waals surface area (Å²) in [4.78, 5) is 12.1. The van der Waals surface area contributed by atoms with Crippen LogP contribution < -0.4 is 0 Å². The Hall–Kier alpha value is -3.09. The van der Waals surface area contributed by atoms with Crippen LogP contribution in [0.3, 0.4) is 0 Å². The van der Waals surface area contributed by atoms with E-state index in [-0.39, 0.29) is 18.1 Å². The molecule has 0 saturated heterocycles. The first-order valence-electron chi connectivity index (χ1n) is 7.14. The third kappa shape index (κ3) is 3.29. The second-order valence-electron chi connectivity index (χ2n) is 5.12. The minimum absolute atomic E-state index is 0.0516. The highest BCUT2D eigenvalue weighted by atomic mass is 19.1. The largest absolute Gasteiger partial charge is 0.456 e. The van der Waals surface area contributed by atoms with E-state index in [1.54, 1.807) is 13.0 Å². The molecule has 5 nitrogen and oxygen atoms in total. The zero-order valence-corrected chi connectivity index (χ0v) is 12.7. The second kappa shape index (κ2) is 6.57. The van der Waals surface area contributed by atoms with E-state index in [0.717, 1.165) is 0 Å². The minimum atomic E-state index is -0.662. The van der Waals surface area contributed by atoms with E-state index in [0.29, 0.717) is 16.9 Å². The Morgan fingerprint density at radius 3 is 2.58 bits per heavy atom. The van der Waals surface area contributed by atoms with Crippen LogP contribution >= 0.6 is 0 Å². The Morgan fingerprint density at radius 1 is 1.12 bits per heavy atom. The summed E-state index contributed by atoms with van der Waals surface area (Å²) in [7, 11) is 0. The molecule has 0 radical (unpaired) electrons. The van der Waals surface area contributed by atoms with Crippen LogP contribution in [0.1, 0.15) is 21.7 Å². The van der Waals surface area contributed by atoms with E-state index in [4.69, 9.17) is 4.74 Å². The molecular formula is C17H13F2N3O2. The van der Waals surface area contributed by atoms with E-state index < -0.39 is 11.8 Å². The summed E-state index contributed by atoms with van der Waals surface area (Å²) in [5, 5.41) is 7.70. The molecule has 122 valence electrons. The van der Waals surface area contributed by atoms with Crippen molar-refractivity contribution in [2.24, 2.45) is 0 Å². The number of carbonyl (C=O) groups is 1. The molecule has 1 heterocycles. The molecule has 0 N–H and O–H groups in total. The summed E-state index contributed by atoms with van der Waals surface area (Å²) in [6, 6.07) is 11.4. The van der Waals surface area contributed by atoms with Gasteiger partial charge in [0.05, 0.1) is 11.4 Å². The maximum Gasteiger partial charge on any atom is 0.361 e. The van der Waals surface area contributed by atoms with Crippen LogP contribution in [-0.2, 0) is 11.3 Å². The number of aromatic nitrogens is 3. The Morgan fingerprint density at radius 2 is 1.88 bits per heavy atom. The van der Waals surface area contributed by atoms with E-state index in [1.165, 1.54) is 47.1 Å². The SMILES string of the molecule is Cc1c(C(=O)OCc2cccc(F)c2)nnn1-c1ccc(F)cc1. The summed E-state index contributed by atoms with van der Waals surface area (Å²) >= 11 is 0. The fourth-order valence-electron chi connectivity index (χ4n) is 2.19. The number of carbonyl (C=O) groups excluding carboxylic acids is 1. The quantitative estimate of drug-likeness (QED) is 0.690. The molecule has 7 heteroatoms. The summed E-state index contributed by atoms with van der Waals surface area (Å²) in [6.07, 6.45) is 0. The molecule has 0 saturated carbocycles. The molecule has 3 rings (SSSR count). The smallest absolute Gasteiger partial charge is 0.361 e. The molecule has 24 heavy (non-hydrogen) atoms. The molecule has 0 unspecified atom stereocenters. The zero-order valence-electron chi connectivity index (χ0n) is 12.7. The van der Waals surface area contributed by atoms with Gasteiger partial charge in [-0.25, -0.2) is 18.3 Å². The van der Waals surface area contributed by atoms with Crippen molar-refractivity contribution in [2.75, 3.05) is 0 Å². The van der Waals surface area contributed by atoms with Gasteiger partial charge in [-0.3, -0.25) is 0 Å². The molecule has 0 fully saturated rings. The maximum atomic E-state index is 13.1. The molecule has 1 aromatic heterocycles. The average molecular weight is 329 g/mol. The number of esters is 1. The van der Waals surface area contributed by atoms with Crippen molar-refractivity contribution < 1.29 is 18.3 Å². The molecule has 0 aliphatic rings. The summed E-state index contributed by atoms with van der Waals surface area (Å²) in [5.74, 6) is -1.43. The number of nitrogens with zero attached hydrogens (tertiary/aromatic N) is 3.